The van der Waals surface area contributed by atoms with Gasteiger partial charge in [-0.1, -0.05) is 35.3 Å². The van der Waals surface area contributed by atoms with Crippen molar-refractivity contribution in [1.29, 1.82) is 0 Å². The van der Waals surface area contributed by atoms with Crippen molar-refractivity contribution >= 4 is 23.2 Å². The molecule has 1 aliphatic rings. The van der Waals surface area contributed by atoms with Gasteiger partial charge >= 0.3 is 0 Å². The highest BCUT2D eigenvalue weighted by Crippen LogP contribution is 2.31. The Kier molecular flexibility index (Phi) is 4.09. The zero-order valence-corrected chi connectivity index (χ0v) is 10.5. The van der Waals surface area contributed by atoms with E-state index in [1.165, 1.54) is 12.8 Å². The number of aliphatic hydroxyl groups is 1. The number of benzene rings is 1. The Labute approximate surface area is 106 Å². The van der Waals surface area contributed by atoms with Gasteiger partial charge in [-0.15, -0.1) is 0 Å². The first-order valence-corrected chi connectivity index (χ1v) is 6.25. The highest BCUT2D eigenvalue weighted by Gasteiger charge is 2.28. The Morgan fingerprint density at radius 2 is 2.06 bits per heavy atom. The van der Waals surface area contributed by atoms with Crippen LogP contribution in [-0.2, 0) is 6.54 Å². The Bertz CT molecular complexity index is 366. The highest BCUT2D eigenvalue weighted by atomic mass is 35.5. The smallest absolute Gasteiger partial charge is 0.0637 e. The predicted molar refractivity (Wildman–Crippen MR) is 67.0 cm³/mol. The van der Waals surface area contributed by atoms with E-state index >= 15 is 0 Å². The summed E-state index contributed by atoms with van der Waals surface area (Å²) in [6.07, 6.45) is 2.44. The zero-order valence-electron chi connectivity index (χ0n) is 9.00. The van der Waals surface area contributed by atoms with Gasteiger partial charge in [0.15, 0.2) is 0 Å². The van der Waals surface area contributed by atoms with Crippen molar-refractivity contribution in [3.8, 4) is 0 Å². The molecule has 88 valence electrons. The fourth-order valence-corrected chi connectivity index (χ4v) is 2.23. The van der Waals surface area contributed by atoms with Crippen molar-refractivity contribution < 1.29 is 5.11 Å². The molecule has 0 saturated heterocycles. The molecule has 0 bridgehead atoms. The average Bonchev–Trinajstić information content (AvgIpc) is 3.07. The van der Waals surface area contributed by atoms with Gasteiger partial charge < -0.3 is 5.11 Å². The Hall–Kier alpha value is -0.280. The van der Waals surface area contributed by atoms with E-state index in [0.29, 0.717) is 22.6 Å². The SMILES string of the molecule is OCCN(Cc1cccc(Cl)c1Cl)C1CC1. The van der Waals surface area contributed by atoms with Crippen molar-refractivity contribution in [3.63, 3.8) is 0 Å². The Balaban J connectivity index is 2.08. The van der Waals surface area contributed by atoms with Crippen LogP contribution in [0.25, 0.3) is 0 Å². The summed E-state index contributed by atoms with van der Waals surface area (Å²) in [5.74, 6) is 0. The van der Waals surface area contributed by atoms with Gasteiger partial charge in [0.1, 0.15) is 0 Å². The molecule has 1 saturated carbocycles. The summed E-state index contributed by atoms with van der Waals surface area (Å²) in [6, 6.07) is 6.30. The van der Waals surface area contributed by atoms with Gasteiger partial charge in [0.25, 0.3) is 0 Å². The summed E-state index contributed by atoms with van der Waals surface area (Å²) in [5.41, 5.74) is 1.04. The molecule has 0 aliphatic heterocycles. The zero-order chi connectivity index (χ0) is 11.5. The molecule has 1 fully saturated rings. The Morgan fingerprint density at radius 1 is 1.31 bits per heavy atom. The molecule has 0 amide bonds. The fraction of sp³-hybridized carbons (Fsp3) is 0.500. The molecule has 1 N–H and O–H groups in total. The molecule has 4 heteroatoms. The molecular weight excluding hydrogens is 245 g/mol. The molecule has 2 rings (SSSR count). The third kappa shape index (κ3) is 2.89. The van der Waals surface area contributed by atoms with Crippen LogP contribution in [0.4, 0.5) is 0 Å². The van der Waals surface area contributed by atoms with E-state index in [1.807, 2.05) is 12.1 Å². The summed E-state index contributed by atoms with van der Waals surface area (Å²) >= 11 is 12.1. The van der Waals surface area contributed by atoms with Gasteiger partial charge in [-0.2, -0.15) is 0 Å². The van der Waals surface area contributed by atoms with Crippen LogP contribution in [0.1, 0.15) is 18.4 Å². The van der Waals surface area contributed by atoms with Crippen LogP contribution in [0.5, 0.6) is 0 Å². The standard InChI is InChI=1S/C12H15Cl2NO/c13-11-3-1-2-9(12(11)14)8-15(6-7-16)10-4-5-10/h1-3,10,16H,4-8H2. The van der Waals surface area contributed by atoms with Crippen molar-refractivity contribution in [1.82, 2.24) is 4.90 Å². The summed E-state index contributed by atoms with van der Waals surface area (Å²) < 4.78 is 0. The topological polar surface area (TPSA) is 23.5 Å². The minimum atomic E-state index is 0.189. The second-order valence-electron chi connectivity index (χ2n) is 4.14. The van der Waals surface area contributed by atoms with E-state index in [2.05, 4.69) is 4.90 Å². The Morgan fingerprint density at radius 3 is 2.69 bits per heavy atom. The minimum absolute atomic E-state index is 0.189. The molecule has 0 heterocycles. The van der Waals surface area contributed by atoms with E-state index in [0.717, 1.165) is 12.1 Å². The highest BCUT2D eigenvalue weighted by molar-refractivity contribution is 6.42. The molecule has 0 unspecified atom stereocenters. The van der Waals surface area contributed by atoms with Gasteiger partial charge in [-0.25, -0.2) is 0 Å². The van der Waals surface area contributed by atoms with Crippen LogP contribution in [0.2, 0.25) is 10.0 Å². The van der Waals surface area contributed by atoms with Crippen molar-refractivity contribution in [3.05, 3.63) is 33.8 Å². The van der Waals surface area contributed by atoms with E-state index in [1.54, 1.807) is 6.07 Å². The van der Waals surface area contributed by atoms with E-state index in [-0.39, 0.29) is 6.61 Å². The second-order valence-corrected chi connectivity index (χ2v) is 4.92. The number of halogens is 2. The number of nitrogens with zero attached hydrogens (tertiary/aromatic N) is 1. The maximum Gasteiger partial charge on any atom is 0.0637 e. The summed E-state index contributed by atoms with van der Waals surface area (Å²) in [4.78, 5) is 2.26. The number of hydrogen-bond acceptors (Lipinski definition) is 2. The summed E-state index contributed by atoms with van der Waals surface area (Å²) in [6.45, 7) is 1.66. The van der Waals surface area contributed by atoms with Crippen LogP contribution in [0, 0.1) is 0 Å². The lowest BCUT2D eigenvalue weighted by Crippen LogP contribution is -2.28. The molecule has 0 radical (unpaired) electrons. The second kappa shape index (κ2) is 5.37. The number of hydrogen-bond donors (Lipinski definition) is 1. The molecule has 1 aromatic carbocycles. The maximum atomic E-state index is 9.01. The number of rotatable bonds is 5. The van der Waals surface area contributed by atoms with Crippen molar-refractivity contribution in [2.75, 3.05) is 13.2 Å². The lowest BCUT2D eigenvalue weighted by Gasteiger charge is -2.21. The van der Waals surface area contributed by atoms with Crippen LogP contribution >= 0.6 is 23.2 Å². The number of aliphatic hydroxyl groups excluding tert-OH is 1. The molecule has 1 aromatic rings. The molecular formula is C12H15Cl2NO. The quantitative estimate of drug-likeness (QED) is 0.879. The molecule has 0 atom stereocenters. The monoisotopic (exact) mass is 259 g/mol. The van der Waals surface area contributed by atoms with Gasteiger partial charge in [0.05, 0.1) is 16.7 Å². The van der Waals surface area contributed by atoms with Crippen LogP contribution in [0.15, 0.2) is 18.2 Å². The van der Waals surface area contributed by atoms with Gasteiger partial charge in [0, 0.05) is 19.1 Å². The minimum Gasteiger partial charge on any atom is -0.395 e. The van der Waals surface area contributed by atoms with Gasteiger partial charge in [0.2, 0.25) is 0 Å². The average molecular weight is 260 g/mol. The third-order valence-corrected chi connectivity index (χ3v) is 3.71. The van der Waals surface area contributed by atoms with Crippen LogP contribution < -0.4 is 0 Å². The first kappa shape index (κ1) is 12.2. The van der Waals surface area contributed by atoms with Crippen molar-refractivity contribution in [2.24, 2.45) is 0 Å². The van der Waals surface area contributed by atoms with Crippen LogP contribution in [-0.4, -0.2) is 29.2 Å². The maximum absolute atomic E-state index is 9.01. The van der Waals surface area contributed by atoms with Gasteiger partial charge in [-0.3, -0.25) is 4.90 Å². The van der Waals surface area contributed by atoms with E-state index in [9.17, 15) is 0 Å². The van der Waals surface area contributed by atoms with E-state index < -0.39 is 0 Å². The fourth-order valence-electron chi connectivity index (χ4n) is 1.85. The molecule has 2 nitrogen and oxygen atoms in total. The van der Waals surface area contributed by atoms with Gasteiger partial charge in [-0.05, 0) is 24.5 Å². The largest absolute Gasteiger partial charge is 0.395 e. The molecule has 1 aliphatic carbocycles. The summed E-state index contributed by atoms with van der Waals surface area (Å²) in [7, 11) is 0. The molecule has 0 spiro atoms. The lowest BCUT2D eigenvalue weighted by molar-refractivity contribution is 0.183. The van der Waals surface area contributed by atoms with E-state index in [4.69, 9.17) is 28.3 Å². The third-order valence-electron chi connectivity index (χ3n) is 2.86. The normalized spacial score (nSPS) is 15.8. The van der Waals surface area contributed by atoms with Crippen LogP contribution in [0.3, 0.4) is 0 Å². The first-order chi connectivity index (χ1) is 7.72. The first-order valence-electron chi connectivity index (χ1n) is 5.50. The molecule has 16 heavy (non-hydrogen) atoms. The van der Waals surface area contributed by atoms with Crippen molar-refractivity contribution in [2.45, 2.75) is 25.4 Å². The molecule has 0 aromatic heterocycles. The predicted octanol–water partition coefficient (Wildman–Crippen LogP) is 2.95. The lowest BCUT2D eigenvalue weighted by atomic mass is 10.2. The summed E-state index contributed by atoms with van der Waals surface area (Å²) in [5, 5.41) is 10.2.